The molecule has 25 heavy (non-hydrogen) atoms. The maximum Gasteiger partial charge on any atom is 0.325 e. The second-order valence-electron chi connectivity index (χ2n) is 5.84. The maximum absolute atomic E-state index is 12.8. The molecule has 1 saturated heterocycles. The lowest BCUT2D eigenvalue weighted by Gasteiger charge is -2.23. The summed E-state index contributed by atoms with van der Waals surface area (Å²) in [5.41, 5.74) is -0.225. The average molecular weight is 358 g/mol. The van der Waals surface area contributed by atoms with Gasteiger partial charge in [0.05, 0.1) is 0 Å². The number of benzene rings is 2. The van der Waals surface area contributed by atoms with E-state index in [1.54, 1.807) is 55.5 Å². The van der Waals surface area contributed by atoms with E-state index in [1.165, 1.54) is 0 Å². The minimum atomic E-state index is -1.30. The van der Waals surface area contributed by atoms with Crippen LogP contribution in [0.3, 0.4) is 0 Å². The van der Waals surface area contributed by atoms with E-state index in [1.807, 2.05) is 6.07 Å². The Balaban J connectivity index is 1.78. The molecular weight excluding hydrogens is 342 g/mol. The minimum absolute atomic E-state index is 0.370. The molecule has 0 radical (unpaired) electrons. The lowest BCUT2D eigenvalue weighted by atomic mass is 9.92. The van der Waals surface area contributed by atoms with E-state index in [0.717, 1.165) is 4.90 Å². The quantitative estimate of drug-likeness (QED) is 0.826. The highest BCUT2D eigenvalue weighted by Crippen LogP contribution is 2.33. The number of carbonyl (C=O) groups is 3. The number of urea groups is 1. The summed E-state index contributed by atoms with van der Waals surface area (Å²) in [6.45, 7) is 1.20. The van der Waals surface area contributed by atoms with Gasteiger partial charge in [-0.2, -0.15) is 0 Å². The van der Waals surface area contributed by atoms with Crippen molar-refractivity contribution in [3.05, 3.63) is 65.2 Å². The standard InChI is InChI=1S/C18H16ClN3O3/c1-18(13-9-5-6-10-14(13)19)16(24)22(17(25)21-18)11-15(23)20-12-7-3-2-4-8-12/h2-10H,11H2,1H3,(H,20,23)(H,21,25)/t18-/m0/s1. The summed E-state index contributed by atoms with van der Waals surface area (Å²) in [5.74, 6) is -0.980. The predicted octanol–water partition coefficient (Wildman–Crippen LogP) is 2.75. The molecule has 7 heteroatoms. The topological polar surface area (TPSA) is 78.5 Å². The van der Waals surface area contributed by atoms with Crippen molar-refractivity contribution < 1.29 is 14.4 Å². The van der Waals surface area contributed by atoms with Crippen LogP contribution in [0.15, 0.2) is 54.6 Å². The molecule has 1 heterocycles. The molecule has 0 aromatic heterocycles. The Morgan fingerprint density at radius 1 is 1.12 bits per heavy atom. The van der Waals surface area contributed by atoms with Gasteiger partial charge in [0, 0.05) is 16.3 Å². The summed E-state index contributed by atoms with van der Waals surface area (Å²) >= 11 is 6.17. The van der Waals surface area contributed by atoms with E-state index < -0.39 is 23.4 Å². The van der Waals surface area contributed by atoms with E-state index in [4.69, 9.17) is 11.6 Å². The first-order chi connectivity index (χ1) is 11.9. The van der Waals surface area contributed by atoms with Gasteiger partial charge in [-0.1, -0.05) is 48.0 Å². The minimum Gasteiger partial charge on any atom is -0.325 e. The zero-order chi connectivity index (χ0) is 18.0. The number of para-hydroxylation sites is 1. The van der Waals surface area contributed by atoms with Gasteiger partial charge in [-0.3, -0.25) is 14.5 Å². The van der Waals surface area contributed by atoms with Gasteiger partial charge in [-0.25, -0.2) is 4.79 Å². The maximum atomic E-state index is 12.8. The second-order valence-corrected chi connectivity index (χ2v) is 6.25. The van der Waals surface area contributed by atoms with Crippen LogP contribution in [0.2, 0.25) is 5.02 Å². The summed E-state index contributed by atoms with van der Waals surface area (Å²) in [4.78, 5) is 38.1. The number of carbonyl (C=O) groups excluding carboxylic acids is 3. The molecule has 2 aromatic carbocycles. The second kappa shape index (κ2) is 6.57. The highest BCUT2D eigenvalue weighted by atomic mass is 35.5. The van der Waals surface area contributed by atoms with Crippen LogP contribution in [0.4, 0.5) is 10.5 Å². The van der Waals surface area contributed by atoms with Crippen LogP contribution in [0, 0.1) is 0 Å². The number of hydrogen-bond acceptors (Lipinski definition) is 3. The normalized spacial score (nSPS) is 19.7. The molecule has 2 aromatic rings. The van der Waals surface area contributed by atoms with Crippen molar-refractivity contribution in [3.8, 4) is 0 Å². The molecule has 0 unspecified atom stereocenters. The smallest absolute Gasteiger partial charge is 0.325 e. The molecule has 1 fully saturated rings. The zero-order valence-corrected chi connectivity index (χ0v) is 14.2. The SMILES string of the molecule is C[C@@]1(c2ccccc2Cl)NC(=O)N(CC(=O)Nc2ccccc2)C1=O. The zero-order valence-electron chi connectivity index (χ0n) is 13.5. The Morgan fingerprint density at radius 3 is 2.44 bits per heavy atom. The van der Waals surface area contributed by atoms with Gasteiger partial charge < -0.3 is 10.6 Å². The number of halogens is 1. The van der Waals surface area contributed by atoms with Crippen LogP contribution in [-0.2, 0) is 15.1 Å². The highest BCUT2D eigenvalue weighted by molar-refractivity contribution is 6.32. The number of anilines is 1. The largest absolute Gasteiger partial charge is 0.325 e. The monoisotopic (exact) mass is 357 g/mol. The van der Waals surface area contributed by atoms with Gasteiger partial charge in [0.15, 0.2) is 0 Å². The summed E-state index contributed by atoms with van der Waals surface area (Å²) in [5, 5.41) is 5.65. The van der Waals surface area contributed by atoms with Crippen LogP contribution in [0.1, 0.15) is 12.5 Å². The molecule has 2 N–H and O–H groups in total. The molecule has 128 valence electrons. The first kappa shape index (κ1) is 17.0. The van der Waals surface area contributed by atoms with E-state index in [-0.39, 0.29) is 6.54 Å². The average Bonchev–Trinajstić information content (AvgIpc) is 2.80. The first-order valence-electron chi connectivity index (χ1n) is 7.66. The summed E-state index contributed by atoms with van der Waals surface area (Å²) < 4.78 is 0. The van der Waals surface area contributed by atoms with Crippen LogP contribution < -0.4 is 10.6 Å². The van der Waals surface area contributed by atoms with Crippen molar-refractivity contribution in [2.75, 3.05) is 11.9 Å². The lowest BCUT2D eigenvalue weighted by Crippen LogP contribution is -2.42. The van der Waals surface area contributed by atoms with Gasteiger partial charge in [0.1, 0.15) is 12.1 Å². The molecule has 4 amide bonds. The van der Waals surface area contributed by atoms with Gasteiger partial charge in [0.2, 0.25) is 5.91 Å². The number of nitrogens with one attached hydrogen (secondary N) is 2. The van der Waals surface area contributed by atoms with Crippen molar-refractivity contribution in [3.63, 3.8) is 0 Å². The Kier molecular flexibility index (Phi) is 4.46. The third kappa shape index (κ3) is 3.21. The van der Waals surface area contributed by atoms with Crippen LogP contribution >= 0.6 is 11.6 Å². The molecule has 0 aliphatic carbocycles. The fraction of sp³-hybridized carbons (Fsp3) is 0.167. The van der Waals surface area contributed by atoms with Crippen LogP contribution in [0.5, 0.6) is 0 Å². The molecule has 3 rings (SSSR count). The molecular formula is C18H16ClN3O3. The summed E-state index contributed by atoms with van der Waals surface area (Å²) in [6, 6.07) is 15.0. The van der Waals surface area contributed by atoms with Gasteiger partial charge in [0.25, 0.3) is 5.91 Å². The van der Waals surface area contributed by atoms with E-state index >= 15 is 0 Å². The summed E-state index contributed by atoms with van der Waals surface area (Å²) in [6.07, 6.45) is 0. The van der Waals surface area contributed by atoms with Gasteiger partial charge >= 0.3 is 6.03 Å². The van der Waals surface area contributed by atoms with Crippen LogP contribution in [-0.4, -0.2) is 29.3 Å². The van der Waals surface area contributed by atoms with Crippen molar-refractivity contribution in [1.29, 1.82) is 0 Å². The predicted molar refractivity (Wildman–Crippen MR) is 94.1 cm³/mol. The van der Waals surface area contributed by atoms with Crippen molar-refractivity contribution >= 4 is 35.1 Å². The lowest BCUT2D eigenvalue weighted by molar-refractivity contribution is -0.133. The molecule has 0 saturated carbocycles. The van der Waals surface area contributed by atoms with Crippen molar-refractivity contribution in [2.24, 2.45) is 0 Å². The van der Waals surface area contributed by atoms with E-state index in [0.29, 0.717) is 16.3 Å². The molecule has 6 nitrogen and oxygen atoms in total. The number of rotatable bonds is 4. The third-order valence-electron chi connectivity index (χ3n) is 4.05. The molecule has 1 aliphatic rings. The van der Waals surface area contributed by atoms with Crippen molar-refractivity contribution in [1.82, 2.24) is 10.2 Å². The Labute approximate surface area is 149 Å². The fourth-order valence-electron chi connectivity index (χ4n) is 2.76. The van der Waals surface area contributed by atoms with Crippen LogP contribution in [0.25, 0.3) is 0 Å². The molecule has 1 aliphatic heterocycles. The fourth-order valence-corrected chi connectivity index (χ4v) is 3.08. The molecule has 0 bridgehead atoms. The Hall–Kier alpha value is -2.86. The Morgan fingerprint density at radius 2 is 1.76 bits per heavy atom. The summed E-state index contributed by atoms with van der Waals surface area (Å²) in [7, 11) is 0. The Bertz CT molecular complexity index is 840. The van der Waals surface area contributed by atoms with E-state index in [9.17, 15) is 14.4 Å². The number of hydrogen-bond donors (Lipinski definition) is 2. The molecule has 1 atom stereocenters. The number of imide groups is 1. The highest BCUT2D eigenvalue weighted by Gasteiger charge is 2.50. The van der Waals surface area contributed by atoms with Gasteiger partial charge in [-0.15, -0.1) is 0 Å². The third-order valence-corrected chi connectivity index (χ3v) is 4.38. The van der Waals surface area contributed by atoms with Crippen molar-refractivity contribution in [2.45, 2.75) is 12.5 Å². The molecule has 0 spiro atoms. The van der Waals surface area contributed by atoms with E-state index in [2.05, 4.69) is 10.6 Å². The first-order valence-corrected chi connectivity index (χ1v) is 8.03. The number of amides is 4. The number of nitrogens with zero attached hydrogens (tertiary/aromatic N) is 1. The van der Waals surface area contributed by atoms with Gasteiger partial charge in [-0.05, 0) is 25.1 Å².